The van der Waals surface area contributed by atoms with Crippen molar-refractivity contribution < 1.29 is 0 Å². The highest BCUT2D eigenvalue weighted by molar-refractivity contribution is 5.90. The van der Waals surface area contributed by atoms with Crippen LogP contribution in [-0.4, -0.2) is 9.55 Å². The SMILES string of the molecule is Cc1c(-c2ccccc2)c(-c2ccccc2)n(-c2cccc3cccnc23)c(=O)c1C. The number of aromatic nitrogens is 2. The molecule has 0 radical (unpaired) electrons. The van der Waals surface area contributed by atoms with E-state index in [1.165, 1.54) is 0 Å². The Labute approximate surface area is 181 Å². The van der Waals surface area contributed by atoms with Crippen molar-refractivity contribution in [3.63, 3.8) is 0 Å². The van der Waals surface area contributed by atoms with Gasteiger partial charge in [0.05, 0.1) is 16.9 Å². The van der Waals surface area contributed by atoms with E-state index in [1.807, 2.05) is 85.1 Å². The molecule has 0 saturated heterocycles. The van der Waals surface area contributed by atoms with Crippen molar-refractivity contribution >= 4 is 10.9 Å². The fourth-order valence-corrected chi connectivity index (χ4v) is 4.23. The zero-order valence-corrected chi connectivity index (χ0v) is 17.5. The number of nitrogens with zero attached hydrogens (tertiary/aromatic N) is 2. The van der Waals surface area contributed by atoms with Crippen LogP contribution in [0.1, 0.15) is 11.1 Å². The van der Waals surface area contributed by atoms with Crippen LogP contribution in [0.2, 0.25) is 0 Å². The first-order chi connectivity index (χ1) is 15.2. The van der Waals surface area contributed by atoms with E-state index in [-0.39, 0.29) is 5.56 Å². The second kappa shape index (κ2) is 7.69. The average Bonchev–Trinajstić information content (AvgIpc) is 2.83. The molecule has 2 aromatic heterocycles. The molecule has 2 heterocycles. The fraction of sp³-hybridized carbons (Fsp3) is 0.0714. The van der Waals surface area contributed by atoms with E-state index in [9.17, 15) is 4.79 Å². The number of hydrogen-bond donors (Lipinski definition) is 0. The first-order valence-corrected chi connectivity index (χ1v) is 10.4. The van der Waals surface area contributed by atoms with Crippen LogP contribution in [0.15, 0.2) is 102 Å². The van der Waals surface area contributed by atoms with Crippen LogP contribution in [-0.2, 0) is 0 Å². The topological polar surface area (TPSA) is 34.9 Å². The molecule has 3 heteroatoms. The molecule has 150 valence electrons. The molecule has 0 bridgehead atoms. The van der Waals surface area contributed by atoms with Crippen LogP contribution in [0.3, 0.4) is 0 Å². The van der Waals surface area contributed by atoms with Crippen LogP contribution in [0, 0.1) is 13.8 Å². The van der Waals surface area contributed by atoms with Gasteiger partial charge in [0.15, 0.2) is 0 Å². The van der Waals surface area contributed by atoms with Crippen molar-refractivity contribution in [2.75, 3.05) is 0 Å². The molecule has 0 N–H and O–H groups in total. The Morgan fingerprint density at radius 3 is 2.03 bits per heavy atom. The Kier molecular flexibility index (Phi) is 4.72. The molecule has 0 fully saturated rings. The van der Waals surface area contributed by atoms with E-state index >= 15 is 0 Å². The molecule has 3 aromatic carbocycles. The molecule has 31 heavy (non-hydrogen) atoms. The first-order valence-electron chi connectivity index (χ1n) is 10.4. The fourth-order valence-electron chi connectivity index (χ4n) is 4.23. The summed E-state index contributed by atoms with van der Waals surface area (Å²) < 4.78 is 1.84. The molecule has 5 rings (SSSR count). The van der Waals surface area contributed by atoms with Crippen LogP contribution >= 0.6 is 0 Å². The lowest BCUT2D eigenvalue weighted by molar-refractivity contribution is 0.975. The Hall–Kier alpha value is -3.98. The largest absolute Gasteiger partial charge is 0.274 e. The minimum atomic E-state index is -0.0193. The summed E-state index contributed by atoms with van der Waals surface area (Å²) in [7, 11) is 0. The lowest BCUT2D eigenvalue weighted by atomic mass is 9.92. The number of fused-ring (bicyclic) bond motifs is 1. The molecule has 0 saturated carbocycles. The minimum absolute atomic E-state index is 0.0193. The summed E-state index contributed by atoms with van der Waals surface area (Å²) in [6, 6.07) is 30.4. The van der Waals surface area contributed by atoms with Crippen molar-refractivity contribution in [1.82, 2.24) is 9.55 Å². The van der Waals surface area contributed by atoms with Crippen LogP contribution < -0.4 is 5.56 Å². The summed E-state index contributed by atoms with van der Waals surface area (Å²) >= 11 is 0. The smallest absolute Gasteiger partial charge is 0.258 e. The standard InChI is InChI=1S/C28H22N2O/c1-19-20(2)28(31)30(24-17-9-15-22-16-10-18-29-26(22)24)27(23-13-7-4-8-14-23)25(19)21-11-5-3-6-12-21/h3-18H,1-2H3. The molecule has 0 aliphatic rings. The highest BCUT2D eigenvalue weighted by Crippen LogP contribution is 2.37. The molecule has 5 aromatic rings. The molecule has 0 atom stereocenters. The quantitative estimate of drug-likeness (QED) is 0.353. The van der Waals surface area contributed by atoms with Crippen molar-refractivity contribution in [3.8, 4) is 28.1 Å². The van der Waals surface area contributed by atoms with Crippen molar-refractivity contribution in [3.05, 3.63) is 119 Å². The maximum Gasteiger partial charge on any atom is 0.258 e. The highest BCUT2D eigenvalue weighted by atomic mass is 16.1. The van der Waals surface area contributed by atoms with Crippen molar-refractivity contribution in [2.24, 2.45) is 0 Å². The Bertz CT molecular complexity index is 1450. The van der Waals surface area contributed by atoms with E-state index < -0.39 is 0 Å². The van der Waals surface area contributed by atoms with Gasteiger partial charge < -0.3 is 0 Å². The highest BCUT2D eigenvalue weighted by Gasteiger charge is 2.22. The summed E-state index contributed by atoms with van der Waals surface area (Å²) in [5.74, 6) is 0. The van der Waals surface area contributed by atoms with Gasteiger partial charge in [0, 0.05) is 22.7 Å². The molecule has 3 nitrogen and oxygen atoms in total. The second-order valence-corrected chi connectivity index (χ2v) is 7.70. The summed E-state index contributed by atoms with van der Waals surface area (Å²) in [5.41, 5.74) is 7.36. The zero-order valence-electron chi connectivity index (χ0n) is 17.5. The number of pyridine rings is 2. The van der Waals surface area contributed by atoms with Gasteiger partial charge in [-0.1, -0.05) is 78.9 Å². The monoisotopic (exact) mass is 402 g/mol. The predicted molar refractivity (Wildman–Crippen MR) is 128 cm³/mol. The molecular weight excluding hydrogens is 380 g/mol. The third-order valence-corrected chi connectivity index (χ3v) is 5.88. The molecule has 0 aliphatic heterocycles. The molecule has 0 amide bonds. The number of benzene rings is 3. The summed E-state index contributed by atoms with van der Waals surface area (Å²) in [4.78, 5) is 18.4. The van der Waals surface area contributed by atoms with Crippen molar-refractivity contribution in [2.45, 2.75) is 13.8 Å². The Balaban J connectivity index is 2.00. The molecule has 0 spiro atoms. The van der Waals surface area contributed by atoms with Crippen LogP contribution in [0.4, 0.5) is 0 Å². The number of para-hydroxylation sites is 1. The Morgan fingerprint density at radius 2 is 1.32 bits per heavy atom. The van der Waals surface area contributed by atoms with Gasteiger partial charge in [0.25, 0.3) is 5.56 Å². The van der Waals surface area contributed by atoms with Gasteiger partial charge in [0.2, 0.25) is 0 Å². The van der Waals surface area contributed by atoms with Gasteiger partial charge in [-0.25, -0.2) is 0 Å². The van der Waals surface area contributed by atoms with Crippen molar-refractivity contribution in [1.29, 1.82) is 0 Å². The van der Waals surface area contributed by atoms with Gasteiger partial charge in [-0.2, -0.15) is 0 Å². The van der Waals surface area contributed by atoms with Crippen LogP contribution in [0.5, 0.6) is 0 Å². The van der Waals surface area contributed by atoms with E-state index in [1.54, 1.807) is 6.20 Å². The third-order valence-electron chi connectivity index (χ3n) is 5.88. The second-order valence-electron chi connectivity index (χ2n) is 7.70. The van der Waals surface area contributed by atoms with E-state index in [2.05, 4.69) is 29.2 Å². The van der Waals surface area contributed by atoms with Gasteiger partial charge in [-0.3, -0.25) is 14.3 Å². The summed E-state index contributed by atoms with van der Waals surface area (Å²) in [6.45, 7) is 3.95. The van der Waals surface area contributed by atoms with E-state index in [4.69, 9.17) is 0 Å². The predicted octanol–water partition coefficient (Wildman–Crippen LogP) is 6.34. The normalized spacial score (nSPS) is 11.0. The zero-order chi connectivity index (χ0) is 21.4. The van der Waals surface area contributed by atoms with Gasteiger partial charge in [-0.05, 0) is 42.7 Å². The molecule has 0 aliphatic carbocycles. The van der Waals surface area contributed by atoms with Gasteiger partial charge in [0.1, 0.15) is 0 Å². The molecular formula is C28H22N2O. The average molecular weight is 402 g/mol. The van der Waals surface area contributed by atoms with Gasteiger partial charge >= 0.3 is 0 Å². The number of rotatable bonds is 3. The van der Waals surface area contributed by atoms with Crippen LogP contribution in [0.25, 0.3) is 39.0 Å². The lowest BCUT2D eigenvalue weighted by Crippen LogP contribution is -2.25. The molecule has 0 unspecified atom stereocenters. The van der Waals surface area contributed by atoms with Gasteiger partial charge in [-0.15, -0.1) is 0 Å². The maximum atomic E-state index is 13.7. The third kappa shape index (κ3) is 3.15. The minimum Gasteiger partial charge on any atom is -0.274 e. The summed E-state index contributed by atoms with van der Waals surface area (Å²) in [6.07, 6.45) is 1.78. The number of hydrogen-bond acceptors (Lipinski definition) is 2. The van der Waals surface area contributed by atoms with E-state index in [0.717, 1.165) is 50.1 Å². The Morgan fingerprint density at radius 1 is 0.677 bits per heavy atom. The lowest BCUT2D eigenvalue weighted by Gasteiger charge is -2.22. The first kappa shape index (κ1) is 19.0. The maximum absolute atomic E-state index is 13.7. The summed E-state index contributed by atoms with van der Waals surface area (Å²) in [5, 5.41) is 1.01. The van der Waals surface area contributed by atoms with E-state index in [0.29, 0.717) is 0 Å².